The van der Waals surface area contributed by atoms with Crippen LogP contribution in [0.15, 0.2) is 12.7 Å². The Morgan fingerprint density at radius 3 is 2.58 bits per heavy atom. The summed E-state index contributed by atoms with van der Waals surface area (Å²) in [6.45, 7) is 7.49. The second-order valence-electron chi connectivity index (χ2n) is 2.73. The lowest BCUT2D eigenvalue weighted by atomic mass is 10.3. The zero-order valence-electron chi connectivity index (χ0n) is 7.50. The Kier molecular flexibility index (Phi) is 5.66. The molecule has 3 N–H and O–H groups in total. The first-order valence-electron chi connectivity index (χ1n) is 3.90. The van der Waals surface area contributed by atoms with Gasteiger partial charge in [-0.25, -0.2) is 0 Å². The molecule has 3 nitrogen and oxygen atoms in total. The number of thiocarbonyl (C=S) groups is 1. The van der Waals surface area contributed by atoms with Gasteiger partial charge in [0.2, 0.25) is 0 Å². The van der Waals surface area contributed by atoms with Crippen molar-refractivity contribution < 1.29 is 5.11 Å². The van der Waals surface area contributed by atoms with Crippen molar-refractivity contribution in [3.8, 4) is 0 Å². The second-order valence-corrected chi connectivity index (χ2v) is 3.13. The van der Waals surface area contributed by atoms with Gasteiger partial charge < -0.3 is 15.7 Å². The molecule has 12 heavy (non-hydrogen) atoms. The molecule has 0 aliphatic heterocycles. The fourth-order valence-corrected chi connectivity index (χ4v) is 0.964. The molecule has 0 amide bonds. The van der Waals surface area contributed by atoms with Gasteiger partial charge >= 0.3 is 0 Å². The van der Waals surface area contributed by atoms with Gasteiger partial charge in [0.25, 0.3) is 0 Å². The van der Waals surface area contributed by atoms with Crippen molar-refractivity contribution in [1.82, 2.24) is 10.6 Å². The molecule has 2 unspecified atom stereocenters. The highest BCUT2D eigenvalue weighted by molar-refractivity contribution is 7.80. The molecule has 0 heterocycles. The molecule has 0 rings (SSSR count). The van der Waals surface area contributed by atoms with Crippen molar-refractivity contribution in [2.75, 3.05) is 6.61 Å². The molecule has 70 valence electrons. The number of hydrogen-bond acceptors (Lipinski definition) is 2. The van der Waals surface area contributed by atoms with Crippen LogP contribution in [0.4, 0.5) is 0 Å². The summed E-state index contributed by atoms with van der Waals surface area (Å²) in [5.74, 6) is 0. The highest BCUT2D eigenvalue weighted by Gasteiger charge is 2.02. The van der Waals surface area contributed by atoms with Crippen LogP contribution in [0.5, 0.6) is 0 Å². The van der Waals surface area contributed by atoms with Gasteiger partial charge in [-0.1, -0.05) is 6.08 Å². The van der Waals surface area contributed by atoms with Crippen LogP contribution >= 0.6 is 12.2 Å². The highest BCUT2D eigenvalue weighted by atomic mass is 32.1. The van der Waals surface area contributed by atoms with E-state index in [0.717, 1.165) is 0 Å². The van der Waals surface area contributed by atoms with Crippen LogP contribution in [-0.4, -0.2) is 28.9 Å². The fourth-order valence-electron chi connectivity index (χ4n) is 0.577. The van der Waals surface area contributed by atoms with Gasteiger partial charge in [0.1, 0.15) is 0 Å². The fraction of sp³-hybridized carbons (Fsp3) is 0.625. The van der Waals surface area contributed by atoms with E-state index in [9.17, 15) is 0 Å². The molecule has 0 aliphatic carbocycles. The third kappa shape index (κ3) is 5.09. The van der Waals surface area contributed by atoms with Gasteiger partial charge in [0.05, 0.1) is 6.61 Å². The van der Waals surface area contributed by atoms with Crippen LogP contribution in [0.2, 0.25) is 0 Å². The molecule has 0 fully saturated rings. The van der Waals surface area contributed by atoms with Crippen molar-refractivity contribution in [1.29, 1.82) is 0 Å². The molecular formula is C8H16N2OS. The van der Waals surface area contributed by atoms with Crippen LogP contribution in [0.1, 0.15) is 13.8 Å². The summed E-state index contributed by atoms with van der Waals surface area (Å²) in [5.41, 5.74) is 0. The van der Waals surface area contributed by atoms with E-state index in [4.69, 9.17) is 17.3 Å². The smallest absolute Gasteiger partial charge is 0.167 e. The van der Waals surface area contributed by atoms with E-state index in [0.29, 0.717) is 5.11 Å². The normalized spacial score (nSPS) is 14.6. The minimum Gasteiger partial charge on any atom is -0.394 e. The Balaban J connectivity index is 3.66. The summed E-state index contributed by atoms with van der Waals surface area (Å²) >= 11 is 4.96. The first kappa shape index (κ1) is 11.4. The van der Waals surface area contributed by atoms with E-state index in [1.54, 1.807) is 6.08 Å². The summed E-state index contributed by atoms with van der Waals surface area (Å²) in [4.78, 5) is 0. The van der Waals surface area contributed by atoms with Gasteiger partial charge in [0.15, 0.2) is 5.11 Å². The molecule has 0 aliphatic rings. The summed E-state index contributed by atoms with van der Waals surface area (Å²) in [5, 5.41) is 15.2. The summed E-state index contributed by atoms with van der Waals surface area (Å²) in [6.07, 6.45) is 1.76. The molecule has 0 bridgehead atoms. The Bertz CT molecular complexity index is 161. The number of aliphatic hydroxyl groups excluding tert-OH is 1. The predicted molar refractivity (Wildman–Crippen MR) is 55.1 cm³/mol. The van der Waals surface area contributed by atoms with E-state index >= 15 is 0 Å². The SMILES string of the molecule is C=CC(C)NC(=S)NC(C)CO. The topological polar surface area (TPSA) is 44.3 Å². The number of rotatable bonds is 4. The Morgan fingerprint density at radius 1 is 1.58 bits per heavy atom. The van der Waals surface area contributed by atoms with Gasteiger partial charge in [-0.2, -0.15) is 0 Å². The van der Waals surface area contributed by atoms with E-state index in [2.05, 4.69) is 17.2 Å². The quantitative estimate of drug-likeness (QED) is 0.441. The maximum Gasteiger partial charge on any atom is 0.167 e. The lowest BCUT2D eigenvalue weighted by Crippen LogP contribution is -2.44. The van der Waals surface area contributed by atoms with Crippen LogP contribution in [0.25, 0.3) is 0 Å². The maximum absolute atomic E-state index is 8.70. The monoisotopic (exact) mass is 188 g/mol. The zero-order chi connectivity index (χ0) is 9.56. The zero-order valence-corrected chi connectivity index (χ0v) is 8.32. The number of nitrogens with one attached hydrogen (secondary N) is 2. The van der Waals surface area contributed by atoms with Gasteiger partial charge in [-0.15, -0.1) is 6.58 Å². The lowest BCUT2D eigenvalue weighted by molar-refractivity contribution is 0.264. The summed E-state index contributed by atoms with van der Waals surface area (Å²) in [6, 6.07) is 0.137. The molecule has 0 aromatic rings. The molecule has 0 aromatic heterocycles. The minimum atomic E-state index is -0.0120. The van der Waals surface area contributed by atoms with Gasteiger partial charge in [-0.3, -0.25) is 0 Å². The Hall–Kier alpha value is -0.610. The van der Waals surface area contributed by atoms with E-state index in [1.807, 2.05) is 13.8 Å². The molecule has 0 spiro atoms. The molecule has 0 aromatic carbocycles. The Morgan fingerprint density at radius 2 is 2.17 bits per heavy atom. The van der Waals surface area contributed by atoms with E-state index < -0.39 is 0 Å². The van der Waals surface area contributed by atoms with Crippen LogP contribution in [-0.2, 0) is 0 Å². The first-order valence-corrected chi connectivity index (χ1v) is 4.31. The molecule has 2 atom stereocenters. The summed E-state index contributed by atoms with van der Waals surface area (Å²) < 4.78 is 0. The third-order valence-electron chi connectivity index (χ3n) is 1.36. The average molecular weight is 188 g/mol. The lowest BCUT2D eigenvalue weighted by Gasteiger charge is -2.16. The summed E-state index contributed by atoms with van der Waals surface area (Å²) in [7, 11) is 0. The highest BCUT2D eigenvalue weighted by Crippen LogP contribution is 1.83. The Labute approximate surface area is 78.9 Å². The second kappa shape index (κ2) is 5.97. The van der Waals surface area contributed by atoms with Gasteiger partial charge in [-0.05, 0) is 26.1 Å². The van der Waals surface area contributed by atoms with Crippen LogP contribution < -0.4 is 10.6 Å². The molecule has 4 heteroatoms. The predicted octanol–water partition coefficient (Wildman–Crippen LogP) is 0.406. The van der Waals surface area contributed by atoms with E-state index in [1.165, 1.54) is 0 Å². The third-order valence-corrected chi connectivity index (χ3v) is 1.60. The van der Waals surface area contributed by atoms with Crippen molar-refractivity contribution in [3.05, 3.63) is 12.7 Å². The van der Waals surface area contributed by atoms with Crippen molar-refractivity contribution in [2.45, 2.75) is 25.9 Å². The number of hydrogen-bond donors (Lipinski definition) is 3. The van der Waals surface area contributed by atoms with Crippen LogP contribution in [0, 0.1) is 0 Å². The number of aliphatic hydroxyl groups is 1. The van der Waals surface area contributed by atoms with Crippen LogP contribution in [0.3, 0.4) is 0 Å². The maximum atomic E-state index is 8.70. The average Bonchev–Trinajstić information content (AvgIpc) is 2.03. The molecule has 0 radical (unpaired) electrons. The largest absolute Gasteiger partial charge is 0.394 e. The van der Waals surface area contributed by atoms with Crippen molar-refractivity contribution in [3.63, 3.8) is 0 Å². The van der Waals surface area contributed by atoms with Gasteiger partial charge in [0, 0.05) is 12.1 Å². The standard InChI is InChI=1S/C8H16N2OS/c1-4-6(2)9-8(12)10-7(3)5-11/h4,6-7,11H,1,5H2,2-3H3,(H2,9,10,12). The first-order chi connectivity index (χ1) is 5.60. The van der Waals surface area contributed by atoms with E-state index in [-0.39, 0.29) is 18.7 Å². The minimum absolute atomic E-state index is 0.0120. The molecular weight excluding hydrogens is 172 g/mol. The molecule has 0 saturated heterocycles. The van der Waals surface area contributed by atoms with Crippen molar-refractivity contribution >= 4 is 17.3 Å². The van der Waals surface area contributed by atoms with Crippen molar-refractivity contribution in [2.24, 2.45) is 0 Å². The molecule has 0 saturated carbocycles.